The van der Waals surface area contributed by atoms with E-state index in [1.807, 2.05) is 36.0 Å². The number of rotatable bonds is 3. The van der Waals surface area contributed by atoms with Crippen molar-refractivity contribution in [1.29, 1.82) is 0 Å². The molecule has 0 N–H and O–H groups in total. The highest BCUT2D eigenvalue weighted by molar-refractivity contribution is 7.99. The summed E-state index contributed by atoms with van der Waals surface area (Å²) >= 11 is 3.52. The fourth-order valence-electron chi connectivity index (χ4n) is 3.60. The predicted molar refractivity (Wildman–Crippen MR) is 102 cm³/mol. The van der Waals surface area contributed by atoms with Gasteiger partial charge in [-0.2, -0.15) is 11.8 Å². The van der Waals surface area contributed by atoms with Crippen molar-refractivity contribution >= 4 is 39.2 Å². The molecule has 2 fully saturated rings. The van der Waals surface area contributed by atoms with Crippen molar-refractivity contribution in [2.75, 3.05) is 37.7 Å². The first kappa shape index (κ1) is 16.4. The number of thioether (sulfide) groups is 1. The molecule has 1 aromatic carbocycles. The van der Waals surface area contributed by atoms with Crippen LogP contribution in [0.5, 0.6) is 0 Å². The van der Waals surface area contributed by atoms with Gasteiger partial charge in [0.05, 0.1) is 16.3 Å². The van der Waals surface area contributed by atoms with Gasteiger partial charge in [-0.3, -0.25) is 4.79 Å². The lowest BCUT2D eigenvalue weighted by atomic mass is 10.2. The van der Waals surface area contributed by atoms with Crippen LogP contribution in [-0.4, -0.2) is 64.4 Å². The lowest BCUT2D eigenvalue weighted by molar-refractivity contribution is 0.0666. The van der Waals surface area contributed by atoms with E-state index in [4.69, 9.17) is 0 Å². The molecular formula is C18H23N3OS2. The summed E-state index contributed by atoms with van der Waals surface area (Å²) in [6.45, 7) is 4.25. The number of amides is 1. The Hall–Kier alpha value is -1.11. The third-order valence-electron chi connectivity index (χ3n) is 4.84. The Morgan fingerprint density at radius 3 is 2.83 bits per heavy atom. The van der Waals surface area contributed by atoms with Crippen molar-refractivity contribution in [3.05, 3.63) is 29.3 Å². The molecule has 24 heavy (non-hydrogen) atoms. The summed E-state index contributed by atoms with van der Waals surface area (Å²) in [4.78, 5) is 22.4. The zero-order valence-electron chi connectivity index (χ0n) is 13.8. The Kier molecular flexibility index (Phi) is 5.06. The molecule has 1 amide bonds. The Morgan fingerprint density at radius 1 is 1.17 bits per heavy atom. The normalized spacial score (nSPS) is 22.8. The molecule has 2 aliphatic rings. The first-order valence-electron chi connectivity index (χ1n) is 8.78. The number of thiazole rings is 1. The number of likely N-dealkylation sites (tertiary alicyclic amines) is 1. The van der Waals surface area contributed by atoms with Crippen molar-refractivity contribution in [3.8, 4) is 0 Å². The molecule has 0 spiro atoms. The minimum absolute atomic E-state index is 0.128. The van der Waals surface area contributed by atoms with E-state index in [-0.39, 0.29) is 5.91 Å². The van der Waals surface area contributed by atoms with Gasteiger partial charge in [-0.25, -0.2) is 4.98 Å². The molecule has 1 atom stereocenters. The summed E-state index contributed by atoms with van der Waals surface area (Å²) in [7, 11) is 0. The first-order valence-corrected chi connectivity index (χ1v) is 10.7. The number of fused-ring (bicyclic) bond motifs is 1. The minimum Gasteiger partial charge on any atom is -0.331 e. The zero-order chi connectivity index (χ0) is 16.4. The predicted octanol–water partition coefficient (Wildman–Crippen LogP) is 3.34. The van der Waals surface area contributed by atoms with Crippen molar-refractivity contribution in [2.24, 2.45) is 0 Å². The van der Waals surface area contributed by atoms with Crippen molar-refractivity contribution in [3.63, 3.8) is 0 Å². The number of para-hydroxylation sites is 1. The average molecular weight is 362 g/mol. The molecule has 0 radical (unpaired) electrons. The molecule has 4 nitrogen and oxygen atoms in total. The van der Waals surface area contributed by atoms with Gasteiger partial charge >= 0.3 is 0 Å². The van der Waals surface area contributed by atoms with Crippen molar-refractivity contribution in [2.45, 2.75) is 25.3 Å². The van der Waals surface area contributed by atoms with Gasteiger partial charge in [-0.1, -0.05) is 12.1 Å². The molecule has 6 heteroatoms. The Labute approximate surface area is 151 Å². The molecule has 0 bridgehead atoms. The summed E-state index contributed by atoms with van der Waals surface area (Å²) in [6.07, 6.45) is 3.68. The fourth-order valence-corrected chi connectivity index (χ4v) is 5.58. The summed E-state index contributed by atoms with van der Waals surface area (Å²) in [5, 5.41) is 0.648. The zero-order valence-corrected chi connectivity index (χ0v) is 15.5. The molecule has 128 valence electrons. The monoisotopic (exact) mass is 361 g/mol. The van der Waals surface area contributed by atoms with E-state index in [1.54, 1.807) is 0 Å². The van der Waals surface area contributed by atoms with E-state index in [0.717, 1.165) is 41.2 Å². The van der Waals surface area contributed by atoms with E-state index in [0.29, 0.717) is 11.0 Å². The van der Waals surface area contributed by atoms with Gasteiger partial charge in [-0.05, 0) is 50.2 Å². The molecule has 2 aromatic rings. The van der Waals surface area contributed by atoms with Crippen LogP contribution >= 0.6 is 23.1 Å². The average Bonchev–Trinajstić information content (AvgIpc) is 3.20. The van der Waals surface area contributed by atoms with Crippen LogP contribution in [0.4, 0.5) is 0 Å². The second kappa shape index (κ2) is 7.42. The van der Waals surface area contributed by atoms with Crippen LogP contribution in [0.15, 0.2) is 24.3 Å². The topological polar surface area (TPSA) is 36.4 Å². The van der Waals surface area contributed by atoms with Gasteiger partial charge in [0.1, 0.15) is 0 Å². The highest BCUT2D eigenvalue weighted by atomic mass is 32.2. The maximum absolute atomic E-state index is 13.2. The van der Waals surface area contributed by atoms with Crippen LogP contribution in [-0.2, 0) is 0 Å². The van der Waals surface area contributed by atoms with Crippen molar-refractivity contribution < 1.29 is 4.79 Å². The number of hydrogen-bond acceptors (Lipinski definition) is 5. The largest absolute Gasteiger partial charge is 0.331 e. The molecule has 0 aliphatic carbocycles. The lowest BCUT2D eigenvalue weighted by Crippen LogP contribution is -2.47. The molecular weight excluding hydrogens is 338 g/mol. The van der Waals surface area contributed by atoms with E-state index in [9.17, 15) is 4.79 Å². The molecule has 2 aliphatic heterocycles. The van der Waals surface area contributed by atoms with Gasteiger partial charge in [-0.15, -0.1) is 11.3 Å². The van der Waals surface area contributed by atoms with Crippen LogP contribution in [0.1, 0.15) is 29.1 Å². The molecule has 1 unspecified atom stereocenters. The molecule has 0 saturated carbocycles. The van der Waals surface area contributed by atoms with Crippen LogP contribution in [0.2, 0.25) is 0 Å². The SMILES string of the molecule is O=C(c1nc2ccccc2s1)N1CCCSCC1CN1CCCC1. The minimum atomic E-state index is 0.128. The standard InChI is InChI=1S/C18H23N3OS2/c22-18(17-19-15-6-1-2-7-16(15)24-17)21-10-5-11-23-13-14(21)12-20-8-3-4-9-20/h1-2,6-7,14H,3-5,8-13H2. The van der Waals surface area contributed by atoms with Gasteiger partial charge in [0.2, 0.25) is 0 Å². The number of hydrogen-bond donors (Lipinski definition) is 0. The summed E-state index contributed by atoms with van der Waals surface area (Å²) in [6, 6.07) is 8.34. The maximum atomic E-state index is 13.2. The van der Waals surface area contributed by atoms with Gasteiger partial charge in [0.25, 0.3) is 5.91 Å². The first-order chi connectivity index (χ1) is 11.8. The number of nitrogens with zero attached hydrogens (tertiary/aromatic N) is 3. The second-order valence-electron chi connectivity index (χ2n) is 6.58. The third kappa shape index (κ3) is 3.46. The smallest absolute Gasteiger partial charge is 0.283 e. The van der Waals surface area contributed by atoms with Crippen LogP contribution in [0.3, 0.4) is 0 Å². The van der Waals surface area contributed by atoms with Crippen molar-refractivity contribution in [1.82, 2.24) is 14.8 Å². The highest BCUT2D eigenvalue weighted by Crippen LogP contribution is 2.26. The Bertz CT molecular complexity index is 678. The number of carbonyl (C=O) groups is 1. The van der Waals surface area contributed by atoms with Gasteiger partial charge < -0.3 is 9.80 Å². The van der Waals surface area contributed by atoms with Gasteiger partial charge in [0.15, 0.2) is 5.01 Å². The second-order valence-corrected chi connectivity index (χ2v) is 8.76. The molecule has 1 aromatic heterocycles. The van der Waals surface area contributed by atoms with E-state index < -0.39 is 0 Å². The number of aromatic nitrogens is 1. The quantitative estimate of drug-likeness (QED) is 0.840. The summed E-state index contributed by atoms with van der Waals surface area (Å²) < 4.78 is 1.10. The fraction of sp³-hybridized carbons (Fsp3) is 0.556. The van der Waals surface area contributed by atoms with Crippen LogP contribution in [0.25, 0.3) is 10.2 Å². The summed E-state index contributed by atoms with van der Waals surface area (Å²) in [5.74, 6) is 2.33. The van der Waals surface area contributed by atoms with E-state index in [2.05, 4.69) is 14.8 Å². The van der Waals surface area contributed by atoms with E-state index in [1.165, 1.54) is 37.3 Å². The third-order valence-corrected chi connectivity index (χ3v) is 7.07. The Balaban J connectivity index is 1.56. The molecule has 4 rings (SSSR count). The maximum Gasteiger partial charge on any atom is 0.283 e. The van der Waals surface area contributed by atoms with E-state index >= 15 is 0 Å². The highest BCUT2D eigenvalue weighted by Gasteiger charge is 2.30. The molecule has 2 saturated heterocycles. The lowest BCUT2D eigenvalue weighted by Gasteiger charge is -2.32. The Morgan fingerprint density at radius 2 is 2.00 bits per heavy atom. The number of benzene rings is 1. The number of carbonyl (C=O) groups excluding carboxylic acids is 1. The van der Waals surface area contributed by atoms with Crippen LogP contribution < -0.4 is 0 Å². The van der Waals surface area contributed by atoms with Gasteiger partial charge in [0, 0.05) is 18.8 Å². The summed E-state index contributed by atoms with van der Waals surface area (Å²) in [5.41, 5.74) is 0.936. The van der Waals surface area contributed by atoms with Crippen LogP contribution in [0, 0.1) is 0 Å². The molecule has 3 heterocycles.